The minimum atomic E-state index is -0.406. The molecule has 0 bridgehead atoms. The van der Waals surface area contributed by atoms with Crippen molar-refractivity contribution in [2.24, 2.45) is 0 Å². The van der Waals surface area contributed by atoms with E-state index < -0.39 is 5.56 Å². The van der Waals surface area contributed by atoms with E-state index >= 15 is 0 Å². The van der Waals surface area contributed by atoms with E-state index in [2.05, 4.69) is 5.32 Å². The molecular formula is C28H25FN4O2S2. The molecule has 1 aromatic heterocycles. The van der Waals surface area contributed by atoms with E-state index in [1.807, 2.05) is 43.3 Å². The van der Waals surface area contributed by atoms with Crippen LogP contribution in [0.4, 0.5) is 10.2 Å². The summed E-state index contributed by atoms with van der Waals surface area (Å²) in [7, 11) is 0. The van der Waals surface area contributed by atoms with Gasteiger partial charge in [0.25, 0.3) is 11.5 Å². The van der Waals surface area contributed by atoms with Gasteiger partial charge in [-0.15, -0.1) is 0 Å². The second kappa shape index (κ2) is 11.5. The summed E-state index contributed by atoms with van der Waals surface area (Å²) >= 11 is 6.71. The fraction of sp³-hybridized carbons (Fsp3) is 0.214. The molecule has 1 aliphatic rings. The highest BCUT2D eigenvalue weighted by Gasteiger charge is 2.32. The third-order valence-corrected chi connectivity index (χ3v) is 7.56. The summed E-state index contributed by atoms with van der Waals surface area (Å²) in [6.45, 7) is 4.61. The van der Waals surface area contributed by atoms with Crippen molar-refractivity contribution in [3.05, 3.63) is 103 Å². The zero-order valence-corrected chi connectivity index (χ0v) is 22.1. The number of nitrogens with one attached hydrogen (secondary N) is 1. The number of benzene rings is 2. The fourth-order valence-corrected chi connectivity index (χ4v) is 5.44. The lowest BCUT2D eigenvalue weighted by Gasteiger charge is -2.19. The SMILES string of the molecule is CCn1c(NCc2ccc(F)cc2)c(/C=C2/SC(=S)N(CCc3ccccc3)C2=O)c(C)c(C#N)c1=O. The van der Waals surface area contributed by atoms with Crippen LogP contribution < -0.4 is 10.9 Å². The largest absolute Gasteiger partial charge is 0.367 e. The van der Waals surface area contributed by atoms with E-state index in [1.54, 1.807) is 30.0 Å². The first-order valence-electron chi connectivity index (χ1n) is 11.8. The van der Waals surface area contributed by atoms with E-state index in [0.717, 1.165) is 11.1 Å². The predicted octanol–water partition coefficient (Wildman–Crippen LogP) is 5.24. The number of halogens is 1. The minimum Gasteiger partial charge on any atom is -0.367 e. The number of aromatic nitrogens is 1. The second-order valence-corrected chi connectivity index (χ2v) is 10.1. The molecule has 1 N–H and O–H groups in total. The molecule has 188 valence electrons. The van der Waals surface area contributed by atoms with E-state index in [-0.39, 0.29) is 17.3 Å². The van der Waals surface area contributed by atoms with Gasteiger partial charge in [0.15, 0.2) is 0 Å². The number of hydrogen-bond acceptors (Lipinski definition) is 6. The third-order valence-electron chi connectivity index (χ3n) is 6.18. The quantitative estimate of drug-likeness (QED) is 0.316. The van der Waals surface area contributed by atoms with Gasteiger partial charge >= 0.3 is 0 Å². The number of pyridine rings is 1. The van der Waals surface area contributed by atoms with Crippen molar-refractivity contribution < 1.29 is 9.18 Å². The van der Waals surface area contributed by atoms with Gasteiger partial charge < -0.3 is 5.32 Å². The van der Waals surface area contributed by atoms with Crippen LogP contribution in [-0.2, 0) is 24.3 Å². The number of carbonyl (C=O) groups excluding carboxylic acids is 1. The number of nitrogens with zero attached hydrogens (tertiary/aromatic N) is 3. The number of rotatable bonds is 8. The molecule has 3 aromatic rings. The molecule has 0 spiro atoms. The zero-order valence-electron chi connectivity index (χ0n) is 20.5. The maximum absolute atomic E-state index is 13.3. The van der Waals surface area contributed by atoms with Gasteiger partial charge in [0, 0.05) is 25.2 Å². The first kappa shape index (κ1) is 26.3. The van der Waals surface area contributed by atoms with E-state index in [1.165, 1.54) is 28.5 Å². The summed E-state index contributed by atoms with van der Waals surface area (Å²) in [5.41, 5.74) is 2.60. The number of carbonyl (C=O) groups is 1. The molecule has 0 saturated carbocycles. The molecule has 2 heterocycles. The van der Waals surface area contributed by atoms with E-state index in [0.29, 0.717) is 52.2 Å². The van der Waals surface area contributed by atoms with Crippen molar-refractivity contribution >= 4 is 46.1 Å². The maximum atomic E-state index is 13.3. The van der Waals surface area contributed by atoms with E-state index in [9.17, 15) is 19.2 Å². The van der Waals surface area contributed by atoms with Gasteiger partial charge in [0.05, 0.1) is 4.91 Å². The van der Waals surface area contributed by atoms with Crippen molar-refractivity contribution in [2.75, 3.05) is 11.9 Å². The van der Waals surface area contributed by atoms with Gasteiger partial charge in [0.1, 0.15) is 27.6 Å². The Morgan fingerprint density at radius 1 is 1.11 bits per heavy atom. The van der Waals surface area contributed by atoms with Gasteiger partial charge in [-0.05, 0) is 55.2 Å². The van der Waals surface area contributed by atoms with Crippen LogP contribution in [0.25, 0.3) is 6.08 Å². The highest BCUT2D eigenvalue weighted by atomic mass is 32.2. The van der Waals surface area contributed by atoms with Crippen molar-refractivity contribution in [3.8, 4) is 6.07 Å². The van der Waals surface area contributed by atoms with Crippen molar-refractivity contribution in [1.29, 1.82) is 5.26 Å². The smallest absolute Gasteiger partial charge is 0.270 e. The topological polar surface area (TPSA) is 78.1 Å². The maximum Gasteiger partial charge on any atom is 0.270 e. The first-order valence-corrected chi connectivity index (χ1v) is 13.0. The van der Waals surface area contributed by atoms with Crippen LogP contribution >= 0.6 is 24.0 Å². The minimum absolute atomic E-state index is 0.0278. The Hall–Kier alpha value is -3.74. The predicted molar refractivity (Wildman–Crippen MR) is 150 cm³/mol. The molecular weight excluding hydrogens is 507 g/mol. The second-order valence-electron chi connectivity index (χ2n) is 8.47. The van der Waals surface area contributed by atoms with Gasteiger partial charge in [-0.25, -0.2) is 4.39 Å². The highest BCUT2D eigenvalue weighted by molar-refractivity contribution is 8.26. The third kappa shape index (κ3) is 5.66. The molecule has 37 heavy (non-hydrogen) atoms. The number of anilines is 1. The lowest BCUT2D eigenvalue weighted by molar-refractivity contribution is -0.122. The van der Waals surface area contributed by atoms with Crippen LogP contribution in [0, 0.1) is 24.1 Å². The monoisotopic (exact) mass is 532 g/mol. The van der Waals surface area contributed by atoms with Gasteiger partial charge in [0.2, 0.25) is 0 Å². The molecule has 0 radical (unpaired) electrons. The molecule has 0 unspecified atom stereocenters. The molecule has 1 saturated heterocycles. The van der Waals surface area contributed by atoms with Crippen LogP contribution in [0.3, 0.4) is 0 Å². The van der Waals surface area contributed by atoms with Crippen LogP contribution in [0.2, 0.25) is 0 Å². The summed E-state index contributed by atoms with van der Waals surface area (Å²) in [6, 6.07) is 17.9. The molecule has 2 aromatic carbocycles. The van der Waals surface area contributed by atoms with Crippen molar-refractivity contribution in [3.63, 3.8) is 0 Å². The number of thiocarbonyl (C=S) groups is 1. The molecule has 1 fully saturated rings. The van der Waals surface area contributed by atoms with Gasteiger partial charge in [-0.3, -0.25) is 19.1 Å². The summed E-state index contributed by atoms with van der Waals surface area (Å²) in [6.07, 6.45) is 2.37. The first-order chi connectivity index (χ1) is 17.8. The summed E-state index contributed by atoms with van der Waals surface area (Å²) in [5, 5.41) is 13.0. The Labute approximate surface area is 224 Å². The van der Waals surface area contributed by atoms with Gasteiger partial charge in [-0.2, -0.15) is 5.26 Å². The molecule has 4 rings (SSSR count). The summed E-state index contributed by atoms with van der Waals surface area (Å²) < 4.78 is 15.3. The lowest BCUT2D eigenvalue weighted by Crippen LogP contribution is -2.30. The molecule has 9 heteroatoms. The van der Waals surface area contributed by atoms with Gasteiger partial charge in [-0.1, -0.05) is 66.4 Å². The number of amides is 1. The summed E-state index contributed by atoms with van der Waals surface area (Å²) in [4.78, 5) is 28.4. The highest BCUT2D eigenvalue weighted by Crippen LogP contribution is 2.35. The molecule has 0 aliphatic carbocycles. The number of thioether (sulfide) groups is 1. The number of nitriles is 1. The Balaban J connectivity index is 1.70. The average molecular weight is 533 g/mol. The van der Waals surface area contributed by atoms with Crippen LogP contribution in [-0.4, -0.2) is 26.2 Å². The molecule has 6 nitrogen and oxygen atoms in total. The normalized spacial score (nSPS) is 14.3. The molecule has 1 aliphatic heterocycles. The van der Waals surface area contributed by atoms with Crippen LogP contribution in [0.5, 0.6) is 0 Å². The summed E-state index contributed by atoms with van der Waals surface area (Å²) in [5.74, 6) is -0.0520. The van der Waals surface area contributed by atoms with Crippen LogP contribution in [0.1, 0.15) is 34.7 Å². The molecule has 0 atom stereocenters. The van der Waals surface area contributed by atoms with E-state index in [4.69, 9.17) is 12.2 Å². The van der Waals surface area contributed by atoms with Crippen LogP contribution in [0.15, 0.2) is 64.3 Å². The number of hydrogen-bond donors (Lipinski definition) is 1. The Morgan fingerprint density at radius 3 is 2.46 bits per heavy atom. The Bertz CT molecular complexity index is 1480. The fourth-order valence-electron chi connectivity index (χ4n) is 4.15. The molecule has 1 amide bonds. The van der Waals surface area contributed by atoms with Crippen molar-refractivity contribution in [2.45, 2.75) is 33.4 Å². The Morgan fingerprint density at radius 2 is 1.81 bits per heavy atom. The average Bonchev–Trinajstić information content (AvgIpc) is 3.17. The Kier molecular flexibility index (Phi) is 8.21. The zero-order chi connectivity index (χ0) is 26.5. The van der Waals surface area contributed by atoms with Crippen molar-refractivity contribution in [1.82, 2.24) is 9.47 Å². The lowest BCUT2D eigenvalue weighted by atomic mass is 10.0. The standard InChI is InChI=1S/C28H25FN4O2S2/c1-3-32-25(31-17-20-9-11-21(29)12-10-20)22(18(2)23(16-30)26(32)34)15-24-27(35)33(28(36)37-24)14-13-19-7-5-4-6-8-19/h4-12,15,31H,3,13-14,17H2,1-2H3/b24-15+.